The Labute approximate surface area is 132 Å². The molecule has 0 spiro atoms. The van der Waals surface area contributed by atoms with Crippen molar-refractivity contribution in [2.24, 2.45) is 0 Å². The first-order chi connectivity index (χ1) is 10.8. The smallest absolute Gasteiger partial charge is 0.124 e. The lowest BCUT2D eigenvalue weighted by Crippen LogP contribution is -2.12. The molecule has 1 N–H and O–H groups in total. The van der Waals surface area contributed by atoms with Crippen LogP contribution in [0, 0.1) is 0 Å². The lowest BCUT2D eigenvalue weighted by atomic mass is 10.1. The molecule has 0 radical (unpaired) electrons. The fourth-order valence-corrected chi connectivity index (χ4v) is 2.29. The molecule has 0 unspecified atom stereocenters. The van der Waals surface area contributed by atoms with Crippen LogP contribution in [0.25, 0.3) is 0 Å². The highest BCUT2D eigenvalue weighted by molar-refractivity contribution is 5.36. The zero-order valence-electron chi connectivity index (χ0n) is 13.6. The van der Waals surface area contributed by atoms with Crippen LogP contribution in [0.2, 0.25) is 0 Å². The molecule has 0 saturated heterocycles. The highest BCUT2D eigenvalue weighted by Crippen LogP contribution is 2.20. The van der Waals surface area contributed by atoms with E-state index in [2.05, 4.69) is 35.7 Å². The lowest BCUT2D eigenvalue weighted by molar-refractivity contribution is 0.132. The van der Waals surface area contributed by atoms with E-state index in [1.165, 1.54) is 11.1 Å². The molecule has 2 rings (SSSR count). The van der Waals surface area contributed by atoms with Crippen molar-refractivity contribution in [3.05, 3.63) is 47.3 Å². The second-order valence-corrected chi connectivity index (χ2v) is 5.09. The highest BCUT2D eigenvalue weighted by Gasteiger charge is 2.05. The summed E-state index contributed by atoms with van der Waals surface area (Å²) in [6.07, 6.45) is 3.98. The first-order valence-electron chi connectivity index (χ1n) is 7.72. The predicted octanol–water partition coefficient (Wildman–Crippen LogP) is 2.74. The van der Waals surface area contributed by atoms with Gasteiger partial charge in [-0.05, 0) is 31.5 Å². The quantitative estimate of drug-likeness (QED) is 0.774. The van der Waals surface area contributed by atoms with E-state index in [0.717, 1.165) is 30.9 Å². The van der Waals surface area contributed by atoms with Gasteiger partial charge in [-0.25, -0.2) is 0 Å². The number of aryl methyl sites for hydroxylation is 1. The molecule has 0 aliphatic carbocycles. The van der Waals surface area contributed by atoms with E-state index < -0.39 is 0 Å². The minimum absolute atomic E-state index is 0.580. The van der Waals surface area contributed by atoms with Gasteiger partial charge in [0.2, 0.25) is 0 Å². The van der Waals surface area contributed by atoms with Gasteiger partial charge in [0.1, 0.15) is 5.75 Å². The lowest BCUT2D eigenvalue weighted by Gasteiger charge is -2.11. The van der Waals surface area contributed by atoms with Crippen LogP contribution in [0.3, 0.4) is 0 Å². The standard InChI is InChI=1S/C17H25N3O2/c1-4-20-12-15(11-19-20)10-18-9-14-6-7-17(21-3)16(8-14)13-22-5-2/h6-8,11-12,18H,4-5,9-10,13H2,1-3H3. The van der Waals surface area contributed by atoms with Crippen molar-refractivity contribution in [3.8, 4) is 5.75 Å². The molecule has 5 heteroatoms. The van der Waals surface area contributed by atoms with E-state index in [-0.39, 0.29) is 0 Å². The van der Waals surface area contributed by atoms with Gasteiger partial charge in [-0.2, -0.15) is 5.10 Å². The second kappa shape index (κ2) is 8.56. The van der Waals surface area contributed by atoms with Crippen LogP contribution in [0.1, 0.15) is 30.5 Å². The van der Waals surface area contributed by atoms with Crippen molar-refractivity contribution in [2.45, 2.75) is 40.1 Å². The van der Waals surface area contributed by atoms with Gasteiger partial charge in [0, 0.05) is 43.6 Å². The van der Waals surface area contributed by atoms with Crippen LogP contribution < -0.4 is 10.1 Å². The van der Waals surface area contributed by atoms with Gasteiger partial charge in [-0.15, -0.1) is 0 Å². The predicted molar refractivity (Wildman–Crippen MR) is 86.8 cm³/mol. The fraction of sp³-hybridized carbons (Fsp3) is 0.471. The van der Waals surface area contributed by atoms with Crippen LogP contribution in [-0.4, -0.2) is 23.5 Å². The maximum Gasteiger partial charge on any atom is 0.124 e. The van der Waals surface area contributed by atoms with E-state index in [1.54, 1.807) is 7.11 Å². The second-order valence-electron chi connectivity index (χ2n) is 5.09. The normalized spacial score (nSPS) is 10.9. The molecule has 120 valence electrons. The number of rotatable bonds is 9. The van der Waals surface area contributed by atoms with E-state index in [1.807, 2.05) is 23.9 Å². The molecule has 0 aliphatic heterocycles. The van der Waals surface area contributed by atoms with Crippen LogP contribution in [0.15, 0.2) is 30.6 Å². The summed E-state index contributed by atoms with van der Waals surface area (Å²) in [7, 11) is 1.69. The maximum absolute atomic E-state index is 5.49. The molecule has 22 heavy (non-hydrogen) atoms. The summed E-state index contributed by atoms with van der Waals surface area (Å²) in [5.74, 6) is 0.876. The van der Waals surface area contributed by atoms with Crippen LogP contribution >= 0.6 is 0 Å². The molecule has 0 amide bonds. The largest absolute Gasteiger partial charge is 0.496 e. The van der Waals surface area contributed by atoms with E-state index >= 15 is 0 Å². The average Bonchev–Trinajstić information content (AvgIpc) is 3.01. The number of hydrogen-bond donors (Lipinski definition) is 1. The van der Waals surface area contributed by atoms with Gasteiger partial charge in [-0.3, -0.25) is 4.68 Å². The number of methoxy groups -OCH3 is 1. The Bertz CT molecular complexity index is 581. The first-order valence-corrected chi connectivity index (χ1v) is 7.72. The fourth-order valence-electron chi connectivity index (χ4n) is 2.29. The Morgan fingerprint density at radius 1 is 1.18 bits per heavy atom. The minimum Gasteiger partial charge on any atom is -0.496 e. The van der Waals surface area contributed by atoms with Crippen molar-refractivity contribution < 1.29 is 9.47 Å². The monoisotopic (exact) mass is 303 g/mol. The van der Waals surface area contributed by atoms with Crippen molar-refractivity contribution in [3.63, 3.8) is 0 Å². The zero-order chi connectivity index (χ0) is 15.8. The van der Waals surface area contributed by atoms with E-state index in [4.69, 9.17) is 9.47 Å². The van der Waals surface area contributed by atoms with Crippen LogP contribution in [0.5, 0.6) is 5.75 Å². The number of hydrogen-bond acceptors (Lipinski definition) is 4. The molecule has 1 aromatic carbocycles. The first kappa shape index (κ1) is 16.5. The van der Waals surface area contributed by atoms with Gasteiger partial charge < -0.3 is 14.8 Å². The maximum atomic E-state index is 5.49. The summed E-state index contributed by atoms with van der Waals surface area (Å²) in [6.45, 7) is 7.88. The van der Waals surface area contributed by atoms with Gasteiger partial charge in [0.05, 0.1) is 19.9 Å². The highest BCUT2D eigenvalue weighted by atomic mass is 16.5. The van der Waals surface area contributed by atoms with Gasteiger partial charge in [-0.1, -0.05) is 6.07 Å². The van der Waals surface area contributed by atoms with Crippen LogP contribution in [0.4, 0.5) is 0 Å². The van der Waals surface area contributed by atoms with Crippen molar-refractivity contribution in [1.82, 2.24) is 15.1 Å². The summed E-state index contributed by atoms with van der Waals surface area (Å²) in [6, 6.07) is 6.22. The summed E-state index contributed by atoms with van der Waals surface area (Å²) >= 11 is 0. The third-order valence-corrected chi connectivity index (χ3v) is 3.48. The number of ether oxygens (including phenoxy) is 2. The molecule has 1 aromatic heterocycles. The molecular formula is C17H25N3O2. The van der Waals surface area contributed by atoms with Gasteiger partial charge in [0.15, 0.2) is 0 Å². The molecule has 0 bridgehead atoms. The number of benzene rings is 1. The van der Waals surface area contributed by atoms with E-state index in [9.17, 15) is 0 Å². The third kappa shape index (κ3) is 4.58. The third-order valence-electron chi connectivity index (χ3n) is 3.48. The number of nitrogens with one attached hydrogen (secondary N) is 1. The Kier molecular flexibility index (Phi) is 6.43. The molecule has 5 nitrogen and oxygen atoms in total. The summed E-state index contributed by atoms with van der Waals surface area (Å²) < 4.78 is 12.8. The molecule has 1 heterocycles. The Morgan fingerprint density at radius 3 is 2.68 bits per heavy atom. The van der Waals surface area contributed by atoms with Gasteiger partial charge >= 0.3 is 0 Å². The van der Waals surface area contributed by atoms with Crippen molar-refractivity contribution in [2.75, 3.05) is 13.7 Å². The molecule has 2 aromatic rings. The molecule has 0 aliphatic rings. The van der Waals surface area contributed by atoms with Crippen LogP contribution in [-0.2, 0) is 31.0 Å². The van der Waals surface area contributed by atoms with E-state index in [0.29, 0.717) is 13.2 Å². The Morgan fingerprint density at radius 2 is 2.00 bits per heavy atom. The Hall–Kier alpha value is -1.85. The van der Waals surface area contributed by atoms with Gasteiger partial charge in [0.25, 0.3) is 0 Å². The summed E-state index contributed by atoms with van der Waals surface area (Å²) in [4.78, 5) is 0. The Balaban J connectivity index is 1.91. The number of aromatic nitrogens is 2. The number of nitrogens with zero attached hydrogens (tertiary/aromatic N) is 2. The summed E-state index contributed by atoms with van der Waals surface area (Å²) in [5.41, 5.74) is 3.51. The zero-order valence-corrected chi connectivity index (χ0v) is 13.6. The molecule has 0 saturated carbocycles. The minimum atomic E-state index is 0.580. The average molecular weight is 303 g/mol. The van der Waals surface area contributed by atoms with Crippen molar-refractivity contribution >= 4 is 0 Å². The molecule has 0 atom stereocenters. The molecule has 0 fully saturated rings. The SMILES string of the molecule is CCOCc1cc(CNCc2cnn(CC)c2)ccc1OC. The molecular weight excluding hydrogens is 278 g/mol. The topological polar surface area (TPSA) is 48.3 Å². The van der Waals surface area contributed by atoms with Crippen molar-refractivity contribution in [1.29, 1.82) is 0 Å². The summed E-state index contributed by atoms with van der Waals surface area (Å²) in [5, 5.41) is 7.72.